The van der Waals surface area contributed by atoms with Crippen LogP contribution in [0.1, 0.15) is 5.56 Å². The normalized spacial score (nSPS) is 11.7. The number of nitrogens with two attached hydrogens (primary N) is 1. The molecular weight excluding hydrogens is 228 g/mol. The summed E-state index contributed by atoms with van der Waals surface area (Å²) in [6.45, 7) is 0. The molecule has 0 bridgehead atoms. The summed E-state index contributed by atoms with van der Waals surface area (Å²) >= 11 is 0. The average molecular weight is 238 g/mol. The van der Waals surface area contributed by atoms with E-state index in [1.165, 1.54) is 12.1 Å². The van der Waals surface area contributed by atoms with Crippen LogP contribution < -0.4 is 5.73 Å². The van der Waals surface area contributed by atoms with Crippen LogP contribution >= 0.6 is 12.4 Å². The molecule has 1 rings (SSSR count). The first-order valence-corrected chi connectivity index (χ1v) is 3.93. The molecule has 1 aromatic carbocycles. The highest BCUT2D eigenvalue weighted by Crippen LogP contribution is 2.12. The van der Waals surface area contributed by atoms with E-state index in [4.69, 9.17) is 10.8 Å². The number of benzene rings is 1. The van der Waals surface area contributed by atoms with Gasteiger partial charge in [-0.2, -0.15) is 0 Å². The van der Waals surface area contributed by atoms with E-state index in [2.05, 4.69) is 0 Å². The third kappa shape index (κ3) is 3.45. The number of carboxylic acid groups (broad SMARTS) is 1. The Balaban J connectivity index is 0.00000196. The highest BCUT2D eigenvalue weighted by atomic mass is 35.5. The van der Waals surface area contributed by atoms with E-state index >= 15 is 0 Å². The lowest BCUT2D eigenvalue weighted by Gasteiger charge is -2.07. The number of hydrogen-bond acceptors (Lipinski definition) is 2. The van der Waals surface area contributed by atoms with E-state index in [0.29, 0.717) is 0 Å². The smallest absolute Gasteiger partial charge is 0.320 e. The zero-order chi connectivity index (χ0) is 10.7. The van der Waals surface area contributed by atoms with Crippen molar-refractivity contribution in [2.24, 2.45) is 5.73 Å². The number of hydrogen-bond donors (Lipinski definition) is 2. The monoisotopic (exact) mass is 237 g/mol. The zero-order valence-electron chi connectivity index (χ0n) is 7.61. The molecule has 3 nitrogen and oxygen atoms in total. The molecule has 1 aromatic rings. The van der Waals surface area contributed by atoms with Gasteiger partial charge in [0.2, 0.25) is 0 Å². The van der Waals surface area contributed by atoms with E-state index in [9.17, 15) is 13.6 Å². The number of carbonyl (C=O) groups is 1. The summed E-state index contributed by atoms with van der Waals surface area (Å²) in [6.07, 6.45) is -0.223. The number of halogens is 3. The van der Waals surface area contributed by atoms with Crippen LogP contribution in [0, 0.1) is 11.6 Å². The molecule has 0 heterocycles. The van der Waals surface area contributed by atoms with E-state index in [1.807, 2.05) is 0 Å². The van der Waals surface area contributed by atoms with Gasteiger partial charge in [0.15, 0.2) is 11.6 Å². The summed E-state index contributed by atoms with van der Waals surface area (Å²) in [5.41, 5.74) is 5.15. The molecule has 0 fully saturated rings. The highest BCUT2D eigenvalue weighted by molar-refractivity contribution is 5.85. The molecule has 0 aromatic heterocycles. The highest BCUT2D eigenvalue weighted by Gasteiger charge is 2.16. The molecule has 0 saturated carbocycles. The predicted molar refractivity (Wildman–Crippen MR) is 52.9 cm³/mol. The number of aliphatic carboxylic acids is 1. The molecule has 0 radical (unpaired) electrons. The predicted octanol–water partition coefficient (Wildman–Crippen LogP) is 1.34. The van der Waals surface area contributed by atoms with Gasteiger partial charge in [-0.25, -0.2) is 8.78 Å². The van der Waals surface area contributed by atoms with Gasteiger partial charge in [0.05, 0.1) is 0 Å². The lowest BCUT2D eigenvalue weighted by molar-refractivity contribution is -0.138. The Bertz CT molecular complexity index is 360. The SMILES string of the molecule is Cl.NC(Cc1cccc(F)c1F)C(=O)O. The van der Waals surface area contributed by atoms with Gasteiger partial charge in [0.1, 0.15) is 6.04 Å². The van der Waals surface area contributed by atoms with Crippen LogP contribution in [0.2, 0.25) is 0 Å². The van der Waals surface area contributed by atoms with Gasteiger partial charge < -0.3 is 10.8 Å². The molecule has 0 saturated heterocycles. The Morgan fingerprint density at radius 3 is 2.60 bits per heavy atom. The summed E-state index contributed by atoms with van der Waals surface area (Å²) in [4.78, 5) is 10.4. The first-order valence-electron chi connectivity index (χ1n) is 3.93. The topological polar surface area (TPSA) is 63.3 Å². The summed E-state index contributed by atoms with van der Waals surface area (Å²) in [6, 6.07) is 2.36. The average Bonchev–Trinajstić information content (AvgIpc) is 2.12. The molecule has 1 atom stereocenters. The van der Waals surface area contributed by atoms with E-state index in [1.54, 1.807) is 0 Å². The molecular formula is C9H10ClF2NO2. The Hall–Kier alpha value is -1.20. The van der Waals surface area contributed by atoms with Crippen molar-refractivity contribution >= 4 is 18.4 Å². The quantitative estimate of drug-likeness (QED) is 0.834. The molecule has 0 spiro atoms. The van der Waals surface area contributed by atoms with E-state index < -0.39 is 23.6 Å². The van der Waals surface area contributed by atoms with Crippen molar-refractivity contribution < 1.29 is 18.7 Å². The van der Waals surface area contributed by atoms with Gasteiger partial charge in [-0.1, -0.05) is 12.1 Å². The lowest BCUT2D eigenvalue weighted by atomic mass is 10.1. The Morgan fingerprint density at radius 1 is 1.47 bits per heavy atom. The second-order valence-corrected chi connectivity index (χ2v) is 2.86. The molecule has 0 aliphatic carbocycles. The van der Waals surface area contributed by atoms with E-state index in [-0.39, 0.29) is 24.4 Å². The van der Waals surface area contributed by atoms with Gasteiger partial charge in [0.25, 0.3) is 0 Å². The molecule has 6 heteroatoms. The maximum Gasteiger partial charge on any atom is 0.320 e. The summed E-state index contributed by atoms with van der Waals surface area (Å²) in [7, 11) is 0. The van der Waals surface area contributed by atoms with Gasteiger partial charge in [-0.3, -0.25) is 4.79 Å². The largest absolute Gasteiger partial charge is 0.480 e. The maximum absolute atomic E-state index is 13.0. The lowest BCUT2D eigenvalue weighted by Crippen LogP contribution is -2.32. The molecule has 0 aliphatic heterocycles. The molecule has 15 heavy (non-hydrogen) atoms. The van der Waals surface area contributed by atoms with Crippen molar-refractivity contribution in [3.8, 4) is 0 Å². The first kappa shape index (κ1) is 13.8. The van der Waals surface area contributed by atoms with Crippen molar-refractivity contribution in [1.29, 1.82) is 0 Å². The fourth-order valence-corrected chi connectivity index (χ4v) is 1.03. The second-order valence-electron chi connectivity index (χ2n) is 2.86. The van der Waals surface area contributed by atoms with Crippen LogP contribution in [0.5, 0.6) is 0 Å². The van der Waals surface area contributed by atoms with Crippen molar-refractivity contribution in [3.05, 3.63) is 35.4 Å². The third-order valence-electron chi connectivity index (χ3n) is 1.79. The van der Waals surface area contributed by atoms with Crippen molar-refractivity contribution in [2.75, 3.05) is 0 Å². The van der Waals surface area contributed by atoms with Crippen LogP contribution in [-0.2, 0) is 11.2 Å². The van der Waals surface area contributed by atoms with Crippen LogP contribution in [-0.4, -0.2) is 17.1 Å². The molecule has 1 unspecified atom stereocenters. The third-order valence-corrected chi connectivity index (χ3v) is 1.79. The fraction of sp³-hybridized carbons (Fsp3) is 0.222. The Kier molecular flexibility index (Phi) is 5.18. The number of carboxylic acids is 1. The summed E-state index contributed by atoms with van der Waals surface area (Å²) < 4.78 is 25.7. The van der Waals surface area contributed by atoms with Crippen molar-refractivity contribution in [1.82, 2.24) is 0 Å². The Morgan fingerprint density at radius 2 is 2.07 bits per heavy atom. The van der Waals surface area contributed by atoms with Gasteiger partial charge in [0, 0.05) is 6.42 Å². The number of rotatable bonds is 3. The second kappa shape index (κ2) is 5.63. The maximum atomic E-state index is 13.0. The van der Waals surface area contributed by atoms with Gasteiger partial charge in [-0.05, 0) is 11.6 Å². The van der Waals surface area contributed by atoms with Crippen LogP contribution in [0.4, 0.5) is 8.78 Å². The summed E-state index contributed by atoms with van der Waals surface area (Å²) in [5.74, 6) is -3.28. The van der Waals surface area contributed by atoms with Gasteiger partial charge in [-0.15, -0.1) is 12.4 Å². The minimum absolute atomic E-state index is 0. The van der Waals surface area contributed by atoms with Crippen LogP contribution in [0.15, 0.2) is 18.2 Å². The molecule has 84 valence electrons. The molecule has 0 amide bonds. The van der Waals surface area contributed by atoms with Crippen molar-refractivity contribution in [2.45, 2.75) is 12.5 Å². The van der Waals surface area contributed by atoms with E-state index in [0.717, 1.165) is 6.07 Å². The fourth-order valence-electron chi connectivity index (χ4n) is 1.03. The van der Waals surface area contributed by atoms with Crippen LogP contribution in [0.3, 0.4) is 0 Å². The van der Waals surface area contributed by atoms with Gasteiger partial charge >= 0.3 is 5.97 Å². The first-order chi connectivity index (χ1) is 6.52. The van der Waals surface area contributed by atoms with Crippen molar-refractivity contribution in [3.63, 3.8) is 0 Å². The summed E-state index contributed by atoms with van der Waals surface area (Å²) in [5, 5.41) is 8.46. The van der Waals surface area contributed by atoms with Crippen LogP contribution in [0.25, 0.3) is 0 Å². The zero-order valence-corrected chi connectivity index (χ0v) is 8.43. The minimum Gasteiger partial charge on any atom is -0.480 e. The molecule has 3 N–H and O–H groups in total. The minimum atomic E-state index is -1.24. The standard InChI is InChI=1S/C9H9F2NO2.ClH/c10-6-3-1-2-5(8(6)11)4-7(12)9(13)14;/h1-3,7H,4,12H2,(H,13,14);1H. The molecule has 0 aliphatic rings. The Labute approximate surface area is 91.3 Å².